The van der Waals surface area contributed by atoms with Crippen LogP contribution in [0.1, 0.15) is 32.3 Å². The largest absolute Gasteiger partial charge is 0.465 e. The number of unbranched alkanes of at least 4 members (excludes halogenated alkanes) is 1. The molecule has 7 heteroatoms. The topological polar surface area (TPSA) is 78.7 Å². The third-order valence-electron chi connectivity index (χ3n) is 3.03. The second-order valence-electron chi connectivity index (χ2n) is 5.00. The summed E-state index contributed by atoms with van der Waals surface area (Å²) >= 11 is 0. The molecule has 0 amide bonds. The molecule has 0 saturated heterocycles. The minimum atomic E-state index is -1.09. The Bertz CT molecular complexity index is 504. The molecule has 0 saturated carbocycles. The average Bonchev–Trinajstić information content (AvgIpc) is 2.42. The highest BCUT2D eigenvalue weighted by atomic mass is 19.1. The molecular formula is C14H18FNO5. The number of nitrogens with zero attached hydrogens (tertiary/aromatic N) is 1. The van der Waals surface area contributed by atoms with Crippen molar-refractivity contribution in [3.05, 3.63) is 45.8 Å². The van der Waals surface area contributed by atoms with Crippen molar-refractivity contribution in [2.75, 3.05) is 13.2 Å². The van der Waals surface area contributed by atoms with Gasteiger partial charge in [-0.1, -0.05) is 18.2 Å². The van der Waals surface area contributed by atoms with Gasteiger partial charge in [0.15, 0.2) is 0 Å². The highest BCUT2D eigenvalue weighted by Crippen LogP contribution is 2.27. The lowest BCUT2D eigenvalue weighted by molar-refractivity contribution is -0.757. The van der Waals surface area contributed by atoms with Crippen molar-refractivity contribution in [2.24, 2.45) is 0 Å². The van der Waals surface area contributed by atoms with E-state index in [1.165, 1.54) is 6.07 Å². The van der Waals surface area contributed by atoms with Crippen LogP contribution in [0.4, 0.5) is 4.39 Å². The number of carbonyl (C=O) groups is 1. The smallest absolute Gasteiger partial charge is 0.316 e. The first-order chi connectivity index (χ1) is 9.85. The zero-order valence-electron chi connectivity index (χ0n) is 12.0. The van der Waals surface area contributed by atoms with Crippen LogP contribution >= 0.6 is 0 Å². The Balaban J connectivity index is 2.44. The lowest BCUT2D eigenvalue weighted by Crippen LogP contribution is -2.32. The molecule has 0 radical (unpaired) electrons. The lowest BCUT2D eigenvalue weighted by Gasteiger charge is -2.23. The average molecular weight is 299 g/mol. The number of benzene rings is 1. The fourth-order valence-corrected chi connectivity index (χ4v) is 1.77. The number of carbonyl (C=O) groups excluding carboxylic acids is 1. The van der Waals surface area contributed by atoms with Crippen molar-refractivity contribution in [1.82, 2.24) is 0 Å². The SMILES string of the molecule is CC(C)(C(=O)OCCCCO[N+](=O)[O-])c1ccccc1F. The van der Waals surface area contributed by atoms with Gasteiger partial charge in [-0.05, 0) is 32.8 Å². The third kappa shape index (κ3) is 5.02. The van der Waals surface area contributed by atoms with Crippen molar-refractivity contribution >= 4 is 5.97 Å². The number of halogens is 1. The second kappa shape index (κ2) is 7.56. The summed E-state index contributed by atoms with van der Waals surface area (Å²) in [5.74, 6) is -0.998. The summed E-state index contributed by atoms with van der Waals surface area (Å²) in [5.41, 5.74) is -0.824. The summed E-state index contributed by atoms with van der Waals surface area (Å²) in [4.78, 5) is 26.1. The molecule has 0 unspecified atom stereocenters. The van der Waals surface area contributed by atoms with Crippen LogP contribution in [0.5, 0.6) is 0 Å². The Hall–Kier alpha value is -2.18. The summed E-state index contributed by atoms with van der Waals surface area (Å²) in [7, 11) is 0. The molecule has 0 bridgehead atoms. The van der Waals surface area contributed by atoms with E-state index in [9.17, 15) is 19.3 Å². The van der Waals surface area contributed by atoms with Gasteiger partial charge in [0.05, 0.1) is 18.6 Å². The first kappa shape index (κ1) is 16.9. The minimum Gasteiger partial charge on any atom is -0.465 e. The Morgan fingerprint density at radius 3 is 2.52 bits per heavy atom. The van der Waals surface area contributed by atoms with Crippen LogP contribution in [-0.2, 0) is 19.8 Å². The van der Waals surface area contributed by atoms with Crippen LogP contribution in [0.3, 0.4) is 0 Å². The number of hydrogen-bond acceptors (Lipinski definition) is 5. The zero-order chi connectivity index (χ0) is 15.9. The molecule has 1 aromatic rings. The van der Waals surface area contributed by atoms with Crippen molar-refractivity contribution < 1.29 is 23.8 Å². The molecular weight excluding hydrogens is 281 g/mol. The van der Waals surface area contributed by atoms with Crippen molar-refractivity contribution in [2.45, 2.75) is 32.1 Å². The Morgan fingerprint density at radius 1 is 1.29 bits per heavy atom. The maximum absolute atomic E-state index is 13.7. The van der Waals surface area contributed by atoms with Gasteiger partial charge in [-0.3, -0.25) is 4.79 Å². The summed E-state index contributed by atoms with van der Waals surface area (Å²) in [5, 5.41) is 9.06. The van der Waals surface area contributed by atoms with E-state index in [0.717, 1.165) is 0 Å². The van der Waals surface area contributed by atoms with E-state index in [0.29, 0.717) is 12.8 Å². The van der Waals surface area contributed by atoms with Crippen LogP contribution in [-0.4, -0.2) is 24.3 Å². The highest BCUT2D eigenvalue weighted by Gasteiger charge is 2.33. The number of rotatable bonds is 8. The molecule has 0 fully saturated rings. The normalized spacial score (nSPS) is 11.0. The highest BCUT2D eigenvalue weighted by molar-refractivity contribution is 5.82. The van der Waals surface area contributed by atoms with Gasteiger partial charge in [-0.2, -0.15) is 0 Å². The predicted octanol–water partition coefficient (Wildman–Crippen LogP) is 2.64. The molecule has 0 aromatic heterocycles. The summed E-state index contributed by atoms with van der Waals surface area (Å²) < 4.78 is 18.8. The van der Waals surface area contributed by atoms with Crippen LogP contribution in [0.15, 0.2) is 24.3 Å². The maximum atomic E-state index is 13.7. The van der Waals surface area contributed by atoms with E-state index >= 15 is 0 Å². The Labute approximate surface area is 122 Å². The molecule has 21 heavy (non-hydrogen) atoms. The van der Waals surface area contributed by atoms with E-state index in [4.69, 9.17) is 4.74 Å². The third-order valence-corrected chi connectivity index (χ3v) is 3.03. The van der Waals surface area contributed by atoms with Crippen LogP contribution < -0.4 is 0 Å². The summed E-state index contributed by atoms with van der Waals surface area (Å²) in [6, 6.07) is 6.04. The van der Waals surface area contributed by atoms with E-state index in [1.807, 2.05) is 0 Å². The Kier molecular flexibility index (Phi) is 6.08. The second-order valence-corrected chi connectivity index (χ2v) is 5.00. The molecule has 0 aliphatic heterocycles. The standard InChI is InChI=1S/C14H18FNO5/c1-14(2,11-7-3-4-8-12(11)15)13(17)20-9-5-6-10-21-16(18)19/h3-4,7-8H,5-6,9-10H2,1-2H3. The van der Waals surface area contributed by atoms with Crippen molar-refractivity contribution in [3.63, 3.8) is 0 Å². The predicted molar refractivity (Wildman–Crippen MR) is 72.6 cm³/mol. The fraction of sp³-hybridized carbons (Fsp3) is 0.500. The van der Waals surface area contributed by atoms with E-state index < -0.39 is 22.3 Å². The number of hydrogen-bond donors (Lipinski definition) is 0. The molecule has 116 valence electrons. The maximum Gasteiger partial charge on any atom is 0.316 e. The van der Waals surface area contributed by atoms with E-state index in [2.05, 4.69) is 4.84 Å². The Morgan fingerprint density at radius 2 is 1.90 bits per heavy atom. The van der Waals surface area contributed by atoms with Gasteiger partial charge in [0, 0.05) is 5.56 Å². The molecule has 0 atom stereocenters. The zero-order valence-corrected chi connectivity index (χ0v) is 12.0. The molecule has 0 heterocycles. The van der Waals surface area contributed by atoms with Gasteiger partial charge < -0.3 is 9.57 Å². The van der Waals surface area contributed by atoms with Gasteiger partial charge in [-0.25, -0.2) is 4.39 Å². The van der Waals surface area contributed by atoms with Gasteiger partial charge in [-0.15, -0.1) is 10.1 Å². The summed E-state index contributed by atoms with van der Waals surface area (Å²) in [6.45, 7) is 3.24. The molecule has 0 N–H and O–H groups in total. The molecule has 6 nitrogen and oxygen atoms in total. The monoisotopic (exact) mass is 299 g/mol. The molecule has 1 rings (SSSR count). The number of esters is 1. The minimum absolute atomic E-state index is 0.0404. The lowest BCUT2D eigenvalue weighted by atomic mass is 9.84. The van der Waals surface area contributed by atoms with E-state index in [-0.39, 0.29) is 18.8 Å². The van der Waals surface area contributed by atoms with Gasteiger partial charge in [0.2, 0.25) is 0 Å². The van der Waals surface area contributed by atoms with Crippen molar-refractivity contribution in [3.8, 4) is 0 Å². The number of ether oxygens (including phenoxy) is 1. The molecule has 0 aliphatic carbocycles. The van der Waals surface area contributed by atoms with Gasteiger partial charge in [0.1, 0.15) is 5.82 Å². The first-order valence-corrected chi connectivity index (χ1v) is 6.55. The first-order valence-electron chi connectivity index (χ1n) is 6.55. The molecule has 0 spiro atoms. The van der Waals surface area contributed by atoms with Gasteiger partial charge in [0.25, 0.3) is 5.09 Å². The molecule has 0 aliphatic rings. The van der Waals surface area contributed by atoms with Crippen LogP contribution in [0, 0.1) is 15.9 Å². The quantitative estimate of drug-likeness (QED) is 0.319. The van der Waals surface area contributed by atoms with Crippen LogP contribution in [0.2, 0.25) is 0 Å². The van der Waals surface area contributed by atoms with Crippen molar-refractivity contribution in [1.29, 1.82) is 0 Å². The van der Waals surface area contributed by atoms with Crippen LogP contribution in [0.25, 0.3) is 0 Å². The fourth-order valence-electron chi connectivity index (χ4n) is 1.77. The van der Waals surface area contributed by atoms with Gasteiger partial charge >= 0.3 is 5.97 Å². The molecule has 1 aromatic carbocycles. The van der Waals surface area contributed by atoms with E-state index in [1.54, 1.807) is 32.0 Å². The summed E-state index contributed by atoms with van der Waals surface area (Å²) in [6.07, 6.45) is 0.835.